The first-order valence-corrected chi connectivity index (χ1v) is 10.4. The Hall–Kier alpha value is -2.32. The van der Waals surface area contributed by atoms with Crippen molar-refractivity contribution in [2.75, 3.05) is 11.9 Å². The molecule has 0 radical (unpaired) electrons. The Balaban J connectivity index is 1.41. The van der Waals surface area contributed by atoms with Crippen molar-refractivity contribution >= 4 is 25.2 Å². The Morgan fingerprint density at radius 2 is 2.04 bits per heavy atom. The first-order chi connectivity index (χ1) is 13.7. The third-order valence-electron chi connectivity index (χ3n) is 4.69. The smallest absolute Gasteiger partial charge is 0.316 e. The van der Waals surface area contributed by atoms with E-state index in [1.54, 1.807) is 6.33 Å². The number of ether oxygens (including phenoxy) is 1. The minimum absolute atomic E-state index is 0.0114. The summed E-state index contributed by atoms with van der Waals surface area (Å²) in [6, 6.07) is 10.1. The summed E-state index contributed by atoms with van der Waals surface area (Å²) in [7, 11) is -2.92. The standard InChI is InChI=1S/C18H22N5O4P/c24-28(25)26-10-15-7-6-14(27-15)9-23-12-22-16-17(20-11-21-18(16)23)19-8-13-4-2-1-3-5-13/h1-5,11-12,14-15,28H,6-10H2,(H,24,25)(H,19,20,21)/t14-,15+/m1/s1. The molecule has 9 nitrogen and oxygen atoms in total. The molecule has 3 heterocycles. The van der Waals surface area contributed by atoms with Crippen LogP contribution >= 0.6 is 8.25 Å². The van der Waals surface area contributed by atoms with Crippen LogP contribution in [0, 0.1) is 0 Å². The van der Waals surface area contributed by atoms with E-state index in [2.05, 4.69) is 32.4 Å². The zero-order chi connectivity index (χ0) is 19.3. The Bertz CT molecular complexity index is 952. The number of hydrogen-bond acceptors (Lipinski definition) is 7. The van der Waals surface area contributed by atoms with Crippen molar-refractivity contribution in [2.45, 2.75) is 38.1 Å². The second-order valence-corrected chi connectivity index (χ2v) is 7.49. The van der Waals surface area contributed by atoms with Crippen LogP contribution in [0.4, 0.5) is 5.82 Å². The molecular formula is C18H22N5O4P. The summed E-state index contributed by atoms with van der Waals surface area (Å²) in [6.45, 7) is 1.41. The fourth-order valence-corrected chi connectivity index (χ4v) is 3.67. The van der Waals surface area contributed by atoms with Crippen LogP contribution in [0.3, 0.4) is 0 Å². The van der Waals surface area contributed by atoms with E-state index >= 15 is 0 Å². The van der Waals surface area contributed by atoms with Crippen molar-refractivity contribution in [1.29, 1.82) is 0 Å². The lowest BCUT2D eigenvalue weighted by molar-refractivity contribution is 0.0106. The van der Waals surface area contributed by atoms with E-state index in [1.807, 2.05) is 22.8 Å². The number of nitrogens with zero attached hydrogens (tertiary/aromatic N) is 4. The van der Waals surface area contributed by atoms with Gasteiger partial charge in [0, 0.05) is 6.54 Å². The van der Waals surface area contributed by atoms with Gasteiger partial charge in [-0.25, -0.2) is 15.0 Å². The molecule has 0 spiro atoms. The number of benzene rings is 1. The molecule has 148 valence electrons. The molecule has 1 aromatic carbocycles. The van der Waals surface area contributed by atoms with E-state index in [0.29, 0.717) is 18.9 Å². The van der Waals surface area contributed by atoms with E-state index in [4.69, 9.17) is 14.2 Å². The van der Waals surface area contributed by atoms with Crippen molar-refractivity contribution in [3.05, 3.63) is 48.5 Å². The van der Waals surface area contributed by atoms with Crippen LogP contribution in [0.15, 0.2) is 43.0 Å². The first kappa shape index (κ1) is 19.0. The van der Waals surface area contributed by atoms with Crippen LogP contribution in [-0.4, -0.2) is 43.2 Å². The highest BCUT2D eigenvalue weighted by atomic mass is 31.1. The maximum Gasteiger partial charge on any atom is 0.316 e. The number of fused-ring (bicyclic) bond motifs is 1. The maximum atomic E-state index is 10.7. The summed E-state index contributed by atoms with van der Waals surface area (Å²) in [5.74, 6) is 0.694. The van der Waals surface area contributed by atoms with Crippen LogP contribution in [-0.2, 0) is 26.9 Å². The monoisotopic (exact) mass is 403 g/mol. The van der Waals surface area contributed by atoms with Gasteiger partial charge >= 0.3 is 8.25 Å². The molecule has 1 aliphatic rings. The lowest BCUT2D eigenvalue weighted by Gasteiger charge is -2.14. The van der Waals surface area contributed by atoms with Gasteiger partial charge in [0.25, 0.3) is 0 Å². The van der Waals surface area contributed by atoms with Crippen molar-refractivity contribution in [1.82, 2.24) is 19.5 Å². The van der Waals surface area contributed by atoms with E-state index in [0.717, 1.165) is 29.6 Å². The number of imidazole rings is 1. The van der Waals surface area contributed by atoms with Gasteiger partial charge in [0.2, 0.25) is 0 Å². The summed E-state index contributed by atoms with van der Waals surface area (Å²) >= 11 is 0. The Morgan fingerprint density at radius 3 is 2.86 bits per heavy atom. The zero-order valence-electron chi connectivity index (χ0n) is 15.2. The lowest BCUT2D eigenvalue weighted by atomic mass is 10.2. The Morgan fingerprint density at radius 1 is 1.21 bits per heavy atom. The SMILES string of the molecule is O=[PH](O)OC[C@@H]1CC[C@H](Cn2cnc3c(NCc4ccccc4)ncnc32)O1. The highest BCUT2D eigenvalue weighted by Crippen LogP contribution is 2.26. The molecule has 0 bridgehead atoms. The molecular weight excluding hydrogens is 381 g/mol. The quantitative estimate of drug-likeness (QED) is 0.552. The number of rotatable bonds is 8. The first-order valence-electron chi connectivity index (χ1n) is 9.14. The van der Waals surface area contributed by atoms with E-state index in [9.17, 15) is 4.57 Å². The van der Waals surface area contributed by atoms with Gasteiger partial charge in [0.1, 0.15) is 11.8 Å². The molecule has 0 saturated carbocycles. The Kier molecular flexibility index (Phi) is 5.97. The second-order valence-electron chi connectivity index (χ2n) is 6.66. The summed E-state index contributed by atoms with van der Waals surface area (Å²) in [6.07, 6.45) is 4.75. The van der Waals surface area contributed by atoms with Gasteiger partial charge in [-0.05, 0) is 18.4 Å². The normalized spacial score (nSPS) is 20.5. The van der Waals surface area contributed by atoms with E-state index < -0.39 is 8.25 Å². The minimum Gasteiger partial charge on any atom is -0.371 e. The summed E-state index contributed by atoms with van der Waals surface area (Å²) in [4.78, 5) is 22.0. The van der Waals surface area contributed by atoms with Gasteiger partial charge in [-0.3, -0.25) is 4.57 Å². The third-order valence-corrected chi connectivity index (χ3v) is 5.11. The van der Waals surface area contributed by atoms with Gasteiger partial charge < -0.3 is 24.0 Å². The predicted octanol–water partition coefficient (Wildman–Crippen LogP) is 2.38. The average Bonchev–Trinajstić information content (AvgIpc) is 3.33. The maximum absolute atomic E-state index is 10.7. The van der Waals surface area contributed by atoms with Gasteiger partial charge in [-0.2, -0.15) is 0 Å². The zero-order valence-corrected chi connectivity index (χ0v) is 16.2. The topological polar surface area (TPSA) is 111 Å². The van der Waals surface area contributed by atoms with Gasteiger partial charge in [-0.15, -0.1) is 0 Å². The predicted molar refractivity (Wildman–Crippen MR) is 104 cm³/mol. The molecule has 1 aliphatic heterocycles. The molecule has 3 aromatic rings. The Labute approximate surface area is 162 Å². The number of nitrogens with one attached hydrogen (secondary N) is 1. The lowest BCUT2D eigenvalue weighted by Crippen LogP contribution is -2.19. The van der Waals surface area contributed by atoms with Gasteiger partial charge in [0.15, 0.2) is 11.5 Å². The van der Waals surface area contributed by atoms with Crippen LogP contribution in [0.5, 0.6) is 0 Å². The number of hydrogen-bond donors (Lipinski definition) is 2. The number of aromatic nitrogens is 4. The molecule has 28 heavy (non-hydrogen) atoms. The van der Waals surface area contributed by atoms with Crippen LogP contribution in [0.1, 0.15) is 18.4 Å². The molecule has 2 N–H and O–H groups in total. The van der Waals surface area contributed by atoms with Gasteiger partial charge in [0.05, 0.1) is 31.7 Å². The molecule has 1 fully saturated rings. The largest absolute Gasteiger partial charge is 0.371 e. The fraction of sp³-hybridized carbons (Fsp3) is 0.389. The molecule has 1 saturated heterocycles. The average molecular weight is 403 g/mol. The molecule has 0 aliphatic carbocycles. The van der Waals surface area contributed by atoms with Crippen molar-refractivity contribution < 1.29 is 18.7 Å². The summed E-state index contributed by atoms with van der Waals surface area (Å²) < 4.78 is 23.3. The molecule has 10 heteroatoms. The van der Waals surface area contributed by atoms with Crippen molar-refractivity contribution in [3.63, 3.8) is 0 Å². The highest BCUT2D eigenvalue weighted by Gasteiger charge is 2.26. The van der Waals surface area contributed by atoms with Gasteiger partial charge in [-0.1, -0.05) is 30.3 Å². The third kappa shape index (κ3) is 4.56. The summed E-state index contributed by atoms with van der Waals surface area (Å²) in [5.41, 5.74) is 2.62. The van der Waals surface area contributed by atoms with E-state index in [1.165, 1.54) is 6.33 Å². The van der Waals surface area contributed by atoms with Crippen molar-refractivity contribution in [2.24, 2.45) is 0 Å². The number of anilines is 1. The second kappa shape index (κ2) is 8.79. The highest BCUT2D eigenvalue weighted by molar-refractivity contribution is 7.32. The van der Waals surface area contributed by atoms with E-state index in [-0.39, 0.29) is 18.8 Å². The molecule has 4 rings (SSSR count). The van der Waals surface area contributed by atoms with Crippen molar-refractivity contribution in [3.8, 4) is 0 Å². The fourth-order valence-electron chi connectivity index (χ4n) is 3.35. The molecule has 0 amide bonds. The molecule has 3 atom stereocenters. The minimum atomic E-state index is -2.92. The summed E-state index contributed by atoms with van der Waals surface area (Å²) in [5, 5.41) is 3.32. The molecule has 2 aromatic heterocycles. The van der Waals surface area contributed by atoms with Crippen LogP contribution < -0.4 is 5.32 Å². The van der Waals surface area contributed by atoms with Crippen LogP contribution in [0.2, 0.25) is 0 Å². The van der Waals surface area contributed by atoms with Crippen LogP contribution in [0.25, 0.3) is 11.2 Å². The molecule has 1 unspecified atom stereocenters.